The van der Waals surface area contributed by atoms with Gasteiger partial charge in [0.25, 0.3) is 5.91 Å². The van der Waals surface area contributed by atoms with E-state index in [-0.39, 0.29) is 11.9 Å². The Morgan fingerprint density at radius 3 is 2.55 bits per heavy atom. The van der Waals surface area contributed by atoms with Gasteiger partial charge in [-0.1, -0.05) is 47.6 Å². The molecule has 150 valence electrons. The molecular formula is C23H25N3O3. The van der Waals surface area contributed by atoms with Gasteiger partial charge in [-0.2, -0.15) is 0 Å². The van der Waals surface area contributed by atoms with Crippen molar-refractivity contribution in [2.75, 3.05) is 26.7 Å². The topological polar surface area (TPSA) is 67.6 Å². The van der Waals surface area contributed by atoms with Crippen molar-refractivity contribution in [2.24, 2.45) is 0 Å². The number of nitrogens with zero attached hydrogens (tertiary/aromatic N) is 2. The highest BCUT2D eigenvalue weighted by molar-refractivity contribution is 5.93. The molecule has 6 heteroatoms. The number of carbonyl (C=O) groups is 1. The lowest BCUT2D eigenvalue weighted by atomic mass is 10.1. The van der Waals surface area contributed by atoms with Gasteiger partial charge < -0.3 is 14.6 Å². The quantitative estimate of drug-likeness (QED) is 0.661. The van der Waals surface area contributed by atoms with Crippen molar-refractivity contribution in [1.82, 2.24) is 15.4 Å². The summed E-state index contributed by atoms with van der Waals surface area (Å²) < 4.78 is 10.6. The summed E-state index contributed by atoms with van der Waals surface area (Å²) in [6, 6.07) is 19.5. The number of hydrogen-bond acceptors (Lipinski definition) is 5. The Morgan fingerprint density at radius 2 is 1.86 bits per heavy atom. The Balaban J connectivity index is 1.45. The van der Waals surface area contributed by atoms with E-state index in [1.165, 1.54) is 12.8 Å². The Hall–Kier alpha value is -3.12. The van der Waals surface area contributed by atoms with Gasteiger partial charge in [0, 0.05) is 18.2 Å². The Kier molecular flexibility index (Phi) is 5.91. The molecule has 0 radical (unpaired) electrons. The molecule has 1 N–H and O–H groups in total. The van der Waals surface area contributed by atoms with Crippen LogP contribution in [0.3, 0.4) is 0 Å². The van der Waals surface area contributed by atoms with Crippen LogP contribution in [0.2, 0.25) is 0 Å². The molecule has 2 heterocycles. The lowest BCUT2D eigenvalue weighted by molar-refractivity contribution is 0.0929. The van der Waals surface area contributed by atoms with E-state index in [1.54, 1.807) is 13.2 Å². The molecule has 0 aliphatic carbocycles. The molecule has 1 aliphatic heterocycles. The Morgan fingerprint density at radius 1 is 1.14 bits per heavy atom. The fourth-order valence-electron chi connectivity index (χ4n) is 3.74. The van der Waals surface area contributed by atoms with Gasteiger partial charge >= 0.3 is 0 Å². The predicted octanol–water partition coefficient (Wildman–Crippen LogP) is 3.92. The first-order chi connectivity index (χ1) is 14.2. The monoisotopic (exact) mass is 391 g/mol. The van der Waals surface area contributed by atoms with Crippen molar-refractivity contribution >= 4 is 5.91 Å². The molecule has 0 spiro atoms. The molecular weight excluding hydrogens is 366 g/mol. The van der Waals surface area contributed by atoms with Gasteiger partial charge in [0.05, 0.1) is 13.2 Å². The highest BCUT2D eigenvalue weighted by Crippen LogP contribution is 2.26. The summed E-state index contributed by atoms with van der Waals surface area (Å²) in [7, 11) is 1.66. The molecule has 29 heavy (non-hydrogen) atoms. The zero-order valence-electron chi connectivity index (χ0n) is 16.5. The minimum atomic E-state index is -0.228. The summed E-state index contributed by atoms with van der Waals surface area (Å²) in [5.74, 6) is 1.18. The second kappa shape index (κ2) is 8.92. The second-order valence-corrected chi connectivity index (χ2v) is 7.18. The average Bonchev–Trinajstić information content (AvgIpc) is 3.47. The van der Waals surface area contributed by atoms with Crippen molar-refractivity contribution in [1.29, 1.82) is 0 Å². The van der Waals surface area contributed by atoms with Crippen LogP contribution in [-0.4, -0.2) is 42.7 Å². The average molecular weight is 391 g/mol. The Bertz CT molecular complexity index is 932. The SMILES string of the molecule is COc1ccc([C@@H](CNC(=O)c2cc(-c3ccccc3)on2)N2CCCC2)cc1. The van der Waals surface area contributed by atoms with E-state index >= 15 is 0 Å². The first-order valence-corrected chi connectivity index (χ1v) is 9.93. The molecule has 3 aromatic rings. The van der Waals surface area contributed by atoms with E-state index < -0.39 is 0 Å². The molecule has 0 saturated carbocycles. The van der Waals surface area contributed by atoms with E-state index in [4.69, 9.17) is 9.26 Å². The van der Waals surface area contributed by atoms with Crippen LogP contribution in [0.25, 0.3) is 11.3 Å². The molecule has 1 saturated heterocycles. The maximum atomic E-state index is 12.7. The van der Waals surface area contributed by atoms with Crippen LogP contribution in [0.4, 0.5) is 0 Å². The smallest absolute Gasteiger partial charge is 0.273 e. The summed E-state index contributed by atoms with van der Waals surface area (Å²) in [5.41, 5.74) is 2.35. The normalized spacial score (nSPS) is 15.2. The fourth-order valence-corrected chi connectivity index (χ4v) is 3.74. The number of hydrogen-bond donors (Lipinski definition) is 1. The van der Waals surface area contributed by atoms with Crippen LogP contribution in [0.15, 0.2) is 65.2 Å². The van der Waals surface area contributed by atoms with Crippen molar-refractivity contribution < 1.29 is 14.1 Å². The molecule has 0 unspecified atom stereocenters. The van der Waals surface area contributed by atoms with Gasteiger partial charge in [0.2, 0.25) is 0 Å². The first kappa shape index (κ1) is 19.2. The van der Waals surface area contributed by atoms with Crippen LogP contribution in [-0.2, 0) is 0 Å². The predicted molar refractivity (Wildman–Crippen MR) is 111 cm³/mol. The van der Waals surface area contributed by atoms with Crippen molar-refractivity contribution in [3.63, 3.8) is 0 Å². The number of carbonyl (C=O) groups excluding carboxylic acids is 1. The Labute approximate surface area is 170 Å². The number of nitrogens with one attached hydrogen (secondary N) is 1. The number of amides is 1. The number of aromatic nitrogens is 1. The minimum absolute atomic E-state index is 0.118. The van der Waals surface area contributed by atoms with E-state index in [2.05, 4.69) is 27.5 Å². The fraction of sp³-hybridized carbons (Fsp3) is 0.304. The van der Waals surface area contributed by atoms with Gasteiger partial charge in [-0.05, 0) is 43.6 Å². The summed E-state index contributed by atoms with van der Waals surface area (Å²) in [5, 5.41) is 6.98. The summed E-state index contributed by atoms with van der Waals surface area (Å²) in [6.07, 6.45) is 2.37. The van der Waals surface area contributed by atoms with Crippen LogP contribution >= 0.6 is 0 Å². The number of methoxy groups -OCH3 is 1. The molecule has 1 amide bonds. The van der Waals surface area contributed by atoms with Crippen LogP contribution < -0.4 is 10.1 Å². The number of rotatable bonds is 7. The highest BCUT2D eigenvalue weighted by Gasteiger charge is 2.25. The number of likely N-dealkylation sites (tertiary alicyclic amines) is 1. The number of ether oxygens (including phenoxy) is 1. The van der Waals surface area contributed by atoms with Gasteiger partial charge in [0.15, 0.2) is 11.5 Å². The van der Waals surface area contributed by atoms with Crippen molar-refractivity contribution in [3.8, 4) is 17.1 Å². The summed E-state index contributed by atoms with van der Waals surface area (Å²) in [4.78, 5) is 15.1. The molecule has 0 bridgehead atoms. The maximum Gasteiger partial charge on any atom is 0.273 e. The van der Waals surface area contributed by atoms with Gasteiger partial charge in [0.1, 0.15) is 5.75 Å². The third kappa shape index (κ3) is 4.49. The van der Waals surface area contributed by atoms with Gasteiger partial charge in [-0.15, -0.1) is 0 Å². The van der Waals surface area contributed by atoms with Crippen LogP contribution in [0.1, 0.15) is 34.9 Å². The van der Waals surface area contributed by atoms with E-state index in [1.807, 2.05) is 42.5 Å². The molecule has 1 fully saturated rings. The zero-order valence-corrected chi connectivity index (χ0v) is 16.5. The zero-order chi connectivity index (χ0) is 20.1. The number of benzene rings is 2. The third-order valence-electron chi connectivity index (χ3n) is 5.34. The molecule has 6 nitrogen and oxygen atoms in total. The lowest BCUT2D eigenvalue weighted by Crippen LogP contribution is -2.36. The standard InChI is InChI=1S/C23H25N3O3/c1-28-19-11-9-17(10-12-19)21(26-13-5-6-14-26)16-24-23(27)20-15-22(29-25-20)18-7-3-2-4-8-18/h2-4,7-12,15,21H,5-6,13-14,16H2,1H3,(H,24,27)/t21-/m1/s1. The van der Waals surface area contributed by atoms with E-state index in [0.29, 0.717) is 18.0 Å². The molecule has 1 aromatic heterocycles. The maximum absolute atomic E-state index is 12.7. The molecule has 4 rings (SSSR count). The highest BCUT2D eigenvalue weighted by atomic mass is 16.5. The van der Waals surface area contributed by atoms with E-state index in [9.17, 15) is 4.79 Å². The van der Waals surface area contributed by atoms with Gasteiger partial charge in [-0.25, -0.2) is 0 Å². The van der Waals surface area contributed by atoms with Crippen LogP contribution in [0, 0.1) is 0 Å². The minimum Gasteiger partial charge on any atom is -0.497 e. The first-order valence-electron chi connectivity index (χ1n) is 9.93. The molecule has 1 atom stereocenters. The molecule has 1 aliphatic rings. The lowest BCUT2D eigenvalue weighted by Gasteiger charge is -2.28. The van der Waals surface area contributed by atoms with Crippen LogP contribution in [0.5, 0.6) is 5.75 Å². The molecule has 2 aromatic carbocycles. The largest absolute Gasteiger partial charge is 0.497 e. The summed E-state index contributed by atoms with van der Waals surface area (Å²) >= 11 is 0. The third-order valence-corrected chi connectivity index (χ3v) is 5.34. The van der Waals surface area contributed by atoms with Gasteiger partial charge in [-0.3, -0.25) is 9.69 Å². The second-order valence-electron chi connectivity index (χ2n) is 7.18. The summed E-state index contributed by atoms with van der Waals surface area (Å²) in [6.45, 7) is 2.59. The van der Waals surface area contributed by atoms with Crippen molar-refractivity contribution in [3.05, 3.63) is 71.9 Å². The van der Waals surface area contributed by atoms with Crippen molar-refractivity contribution in [2.45, 2.75) is 18.9 Å². The van der Waals surface area contributed by atoms with E-state index in [0.717, 1.165) is 30.0 Å².